The van der Waals surface area contributed by atoms with Crippen LogP contribution in [0, 0.1) is 10.8 Å². The van der Waals surface area contributed by atoms with Gasteiger partial charge in [0.2, 0.25) is 12.7 Å². The average molecular weight is 503 g/mol. The number of aliphatic hydroxyl groups is 1. The fourth-order valence-electron chi connectivity index (χ4n) is 2.22. The van der Waals surface area contributed by atoms with E-state index in [0.29, 0.717) is 11.2 Å². The number of aliphatic hydroxyl groups excluding tert-OH is 1. The number of carbonyl (C=O) groups is 2. The normalized spacial score (nSPS) is 15.1. The first-order valence-corrected chi connectivity index (χ1v) is 11.7. The Morgan fingerprint density at radius 2 is 1.82 bits per heavy atom. The minimum absolute atomic E-state index is 0.125. The van der Waals surface area contributed by atoms with Crippen LogP contribution in [0.5, 0.6) is 0 Å². The fraction of sp³-hybridized carbons (Fsp3) is 0.632. The molecule has 1 amide bonds. The maximum Gasteiger partial charge on any atom is 0.479 e. The highest BCUT2D eigenvalue weighted by Gasteiger charge is 2.29. The highest BCUT2D eigenvalue weighted by atomic mass is 31.2. The van der Waals surface area contributed by atoms with Crippen LogP contribution in [0.2, 0.25) is 0 Å². The number of amides is 1. The van der Waals surface area contributed by atoms with E-state index in [1.165, 1.54) is 12.7 Å². The summed E-state index contributed by atoms with van der Waals surface area (Å²) >= 11 is 0. The molecule has 2 rings (SSSR count). The van der Waals surface area contributed by atoms with Gasteiger partial charge < -0.3 is 29.4 Å². The first-order chi connectivity index (χ1) is 15.6. The van der Waals surface area contributed by atoms with E-state index in [-0.39, 0.29) is 24.9 Å². The molecule has 14 nitrogen and oxygen atoms in total. The molecule has 190 valence electrons. The van der Waals surface area contributed by atoms with Gasteiger partial charge in [0, 0.05) is 12.0 Å². The summed E-state index contributed by atoms with van der Waals surface area (Å²) in [5, 5.41) is 12.4. The molecule has 2 aromatic rings. The molecule has 0 bridgehead atoms. The van der Waals surface area contributed by atoms with Crippen LogP contribution in [0.1, 0.15) is 41.5 Å². The number of ether oxygens (including phenoxy) is 2. The lowest BCUT2D eigenvalue weighted by atomic mass is 9.96. The summed E-state index contributed by atoms with van der Waals surface area (Å²) in [6.07, 6.45) is 2.70. The Kier molecular flexibility index (Phi) is 8.86. The van der Waals surface area contributed by atoms with Gasteiger partial charge in [-0.2, -0.15) is 0 Å². The molecular formula is C19H30N5O9P. The highest BCUT2D eigenvalue weighted by molar-refractivity contribution is 7.47. The van der Waals surface area contributed by atoms with E-state index in [1.54, 1.807) is 46.1 Å². The molecule has 0 saturated carbocycles. The van der Waals surface area contributed by atoms with Crippen LogP contribution < -0.4 is 5.32 Å². The van der Waals surface area contributed by atoms with Gasteiger partial charge >= 0.3 is 13.8 Å². The van der Waals surface area contributed by atoms with Crippen molar-refractivity contribution in [2.45, 2.75) is 54.6 Å². The third kappa shape index (κ3) is 8.08. The molecule has 34 heavy (non-hydrogen) atoms. The summed E-state index contributed by atoms with van der Waals surface area (Å²) in [4.78, 5) is 45.8. The van der Waals surface area contributed by atoms with Gasteiger partial charge in [-0.15, -0.1) is 0 Å². The van der Waals surface area contributed by atoms with Crippen molar-refractivity contribution in [2.75, 3.05) is 18.7 Å². The Bertz CT molecular complexity index is 1060. The fourth-order valence-corrected chi connectivity index (χ4v) is 2.76. The number of nitrogens with one attached hydrogen (secondary N) is 1. The van der Waals surface area contributed by atoms with Crippen molar-refractivity contribution in [2.24, 2.45) is 10.8 Å². The van der Waals surface area contributed by atoms with E-state index in [4.69, 9.17) is 9.47 Å². The molecule has 1 unspecified atom stereocenters. The summed E-state index contributed by atoms with van der Waals surface area (Å²) in [6.45, 7) is 7.10. The van der Waals surface area contributed by atoms with Gasteiger partial charge in [-0.25, -0.2) is 28.6 Å². The van der Waals surface area contributed by atoms with Crippen LogP contribution in [0.25, 0.3) is 11.2 Å². The summed E-state index contributed by atoms with van der Waals surface area (Å²) in [7, 11) is -4.76. The number of nitrogens with zero attached hydrogens (tertiary/aromatic N) is 4. The number of phosphoric acid groups is 1. The lowest BCUT2D eigenvalue weighted by Crippen LogP contribution is -2.28. The molecular weight excluding hydrogens is 473 g/mol. The monoisotopic (exact) mass is 503 g/mol. The largest absolute Gasteiger partial charge is 0.479 e. The van der Waals surface area contributed by atoms with Crippen LogP contribution in [-0.2, 0) is 39.2 Å². The summed E-state index contributed by atoms with van der Waals surface area (Å²) in [5.41, 5.74) is -0.702. The number of carbonyl (C=O) groups excluding carboxylic acids is 2. The van der Waals surface area contributed by atoms with Crippen molar-refractivity contribution >= 4 is 36.7 Å². The van der Waals surface area contributed by atoms with Crippen molar-refractivity contribution in [3.05, 3.63) is 12.7 Å². The van der Waals surface area contributed by atoms with Gasteiger partial charge in [-0.05, 0) is 20.8 Å². The lowest BCUT2D eigenvalue weighted by molar-refractivity contribution is -0.227. The van der Waals surface area contributed by atoms with E-state index >= 15 is 0 Å². The lowest BCUT2D eigenvalue weighted by Gasteiger charge is -2.19. The van der Waals surface area contributed by atoms with Gasteiger partial charge in [-0.3, -0.25) is 9.59 Å². The minimum atomic E-state index is -4.76. The Hall–Kier alpha value is -2.48. The smallest absolute Gasteiger partial charge is 0.437 e. The van der Waals surface area contributed by atoms with Gasteiger partial charge in [0.1, 0.15) is 6.33 Å². The Morgan fingerprint density at radius 1 is 1.15 bits per heavy atom. The molecule has 2 aromatic heterocycles. The molecule has 0 aliphatic rings. The van der Waals surface area contributed by atoms with Crippen molar-refractivity contribution in [3.8, 4) is 0 Å². The third-order valence-corrected chi connectivity index (χ3v) is 5.03. The number of anilines is 1. The Morgan fingerprint density at radius 3 is 2.44 bits per heavy atom. The second kappa shape index (κ2) is 10.8. The molecule has 0 aromatic carbocycles. The highest BCUT2D eigenvalue weighted by Crippen LogP contribution is 2.44. The van der Waals surface area contributed by atoms with Gasteiger partial charge in [-0.1, -0.05) is 20.8 Å². The zero-order valence-corrected chi connectivity index (χ0v) is 20.7. The number of imidazole rings is 1. The molecule has 0 aliphatic carbocycles. The molecule has 3 N–H and O–H groups in total. The van der Waals surface area contributed by atoms with Crippen molar-refractivity contribution in [1.29, 1.82) is 0 Å². The minimum Gasteiger partial charge on any atom is -0.437 e. The Labute approximate surface area is 196 Å². The van der Waals surface area contributed by atoms with E-state index < -0.39 is 37.9 Å². The van der Waals surface area contributed by atoms with Gasteiger partial charge in [0.25, 0.3) is 6.48 Å². The number of aromatic nitrogens is 4. The second-order valence-electron chi connectivity index (χ2n) is 9.22. The predicted molar refractivity (Wildman–Crippen MR) is 118 cm³/mol. The van der Waals surface area contributed by atoms with Gasteiger partial charge in [0.15, 0.2) is 17.0 Å². The van der Waals surface area contributed by atoms with Crippen LogP contribution >= 0.6 is 7.82 Å². The number of hydrogen-bond donors (Lipinski definition) is 3. The number of esters is 1. The standard InChI is InChI=1S/C19H30N5O9P/c1-18(2,3)15(25)23-13-12-14(21-9-20-13)24(10-22-12)7-8-30-17(27)33-34(28,29)32-11-31-16(26)19(4,5)6/h9-10,17,27H,7-8,11H2,1-6H3,(H,28,29)(H,20,21,23,25)/t17-/m0/s1. The predicted octanol–water partition coefficient (Wildman–Crippen LogP) is 1.78. The molecule has 0 fully saturated rings. The molecule has 0 radical (unpaired) electrons. The average Bonchev–Trinajstić information content (AvgIpc) is 3.10. The number of phosphoric ester groups is 1. The molecule has 15 heteroatoms. The van der Waals surface area contributed by atoms with E-state index in [0.717, 1.165) is 0 Å². The molecule has 0 saturated heterocycles. The van der Waals surface area contributed by atoms with Crippen molar-refractivity contribution in [3.63, 3.8) is 0 Å². The maximum absolute atomic E-state index is 12.2. The molecule has 0 spiro atoms. The van der Waals surface area contributed by atoms with E-state index in [9.17, 15) is 24.2 Å². The van der Waals surface area contributed by atoms with E-state index in [2.05, 4.69) is 29.3 Å². The van der Waals surface area contributed by atoms with E-state index in [1.807, 2.05) is 0 Å². The first kappa shape index (κ1) is 27.8. The summed E-state index contributed by atoms with van der Waals surface area (Å²) in [6, 6.07) is 0. The molecule has 0 aliphatic heterocycles. The Balaban J connectivity index is 1.87. The maximum atomic E-state index is 12.2. The third-order valence-electron chi connectivity index (χ3n) is 4.15. The summed E-state index contributed by atoms with van der Waals surface area (Å²) < 4.78 is 32.0. The number of hydrogen-bond acceptors (Lipinski definition) is 11. The number of rotatable bonds is 10. The summed E-state index contributed by atoms with van der Waals surface area (Å²) in [5.74, 6) is -0.644. The van der Waals surface area contributed by atoms with Crippen molar-refractivity contribution < 1.29 is 42.7 Å². The zero-order valence-electron chi connectivity index (χ0n) is 19.8. The number of fused-ring (bicyclic) bond motifs is 1. The van der Waals surface area contributed by atoms with Crippen LogP contribution in [-0.4, -0.2) is 61.3 Å². The second-order valence-corrected chi connectivity index (χ2v) is 10.6. The van der Waals surface area contributed by atoms with Crippen LogP contribution in [0.3, 0.4) is 0 Å². The quantitative estimate of drug-likeness (QED) is 0.243. The zero-order chi connectivity index (χ0) is 25.7. The van der Waals surface area contributed by atoms with Gasteiger partial charge in [0.05, 0.1) is 18.3 Å². The molecule has 2 atom stereocenters. The van der Waals surface area contributed by atoms with Crippen molar-refractivity contribution in [1.82, 2.24) is 19.5 Å². The van der Waals surface area contributed by atoms with Crippen LogP contribution in [0.15, 0.2) is 12.7 Å². The van der Waals surface area contributed by atoms with Crippen LogP contribution in [0.4, 0.5) is 5.82 Å². The topological polar surface area (TPSA) is 184 Å². The first-order valence-electron chi connectivity index (χ1n) is 10.2. The molecule has 2 heterocycles. The SMILES string of the molecule is CC(C)(C)C(=O)Nc1ncnc2c1ncn2CCO[C@H](O)OP(=O)(O)OCOC(=O)C(C)(C)C.